The number of hydrogen-bond acceptors (Lipinski definition) is 4. The second-order valence-corrected chi connectivity index (χ2v) is 15.1. The Hall–Kier alpha value is -3.66. The molecule has 236 valence electrons. The maximum atomic E-state index is 14.6. The predicted octanol–water partition coefficient (Wildman–Crippen LogP) is 7.16. The second-order valence-electron chi connectivity index (χ2n) is 11.8. The summed E-state index contributed by atoms with van der Waals surface area (Å²) in [4.78, 5) is 30.0. The Balaban J connectivity index is 1.82. The van der Waals surface area contributed by atoms with Crippen molar-refractivity contribution in [3.63, 3.8) is 0 Å². The highest BCUT2D eigenvalue weighted by molar-refractivity contribution is 9.10. The number of nitrogens with one attached hydrogen (secondary N) is 1. The molecule has 0 aliphatic heterocycles. The highest BCUT2D eigenvalue weighted by Crippen LogP contribution is 2.28. The molecular weight excluding hydrogens is 674 g/mol. The maximum absolute atomic E-state index is 14.6. The summed E-state index contributed by atoms with van der Waals surface area (Å²) in [7, 11) is -4.21. The fraction of sp³-hybridized carbons (Fsp3) is 0.257. The number of rotatable bonds is 11. The van der Waals surface area contributed by atoms with Crippen molar-refractivity contribution in [3.05, 3.63) is 129 Å². The fourth-order valence-electron chi connectivity index (χ4n) is 4.88. The number of benzene rings is 4. The summed E-state index contributed by atoms with van der Waals surface area (Å²) in [5, 5.41) is 3.43. The van der Waals surface area contributed by atoms with Crippen molar-refractivity contribution in [1.82, 2.24) is 10.2 Å². The van der Waals surface area contributed by atoms with Crippen LogP contribution in [0.1, 0.15) is 37.5 Å². The Morgan fingerprint density at radius 3 is 2.04 bits per heavy atom. The number of amides is 2. The first-order valence-electron chi connectivity index (χ1n) is 14.5. The van der Waals surface area contributed by atoms with Crippen LogP contribution >= 0.6 is 27.5 Å². The van der Waals surface area contributed by atoms with Gasteiger partial charge < -0.3 is 10.2 Å². The summed E-state index contributed by atoms with van der Waals surface area (Å²) >= 11 is 9.52. The van der Waals surface area contributed by atoms with Crippen molar-refractivity contribution < 1.29 is 18.0 Å². The van der Waals surface area contributed by atoms with Crippen LogP contribution in [-0.2, 0) is 32.6 Å². The van der Waals surface area contributed by atoms with Gasteiger partial charge in [-0.05, 0) is 86.8 Å². The molecule has 0 saturated carbocycles. The Morgan fingerprint density at radius 1 is 0.844 bits per heavy atom. The minimum Gasteiger partial charge on any atom is -0.350 e. The minimum absolute atomic E-state index is 0.00581. The molecule has 10 heteroatoms. The third-order valence-corrected chi connectivity index (χ3v) is 9.65. The van der Waals surface area contributed by atoms with Crippen LogP contribution in [0.25, 0.3) is 0 Å². The number of sulfonamides is 1. The first-order valence-corrected chi connectivity index (χ1v) is 17.1. The van der Waals surface area contributed by atoms with Gasteiger partial charge >= 0.3 is 0 Å². The number of hydrogen-bond donors (Lipinski definition) is 1. The molecule has 0 spiro atoms. The van der Waals surface area contributed by atoms with Crippen molar-refractivity contribution in [1.29, 1.82) is 0 Å². The third-order valence-electron chi connectivity index (χ3n) is 7.10. The minimum atomic E-state index is -4.21. The van der Waals surface area contributed by atoms with E-state index < -0.39 is 34.1 Å². The molecule has 2 amide bonds. The molecule has 0 heterocycles. The summed E-state index contributed by atoms with van der Waals surface area (Å²) in [6.07, 6.45) is 0.235. The van der Waals surface area contributed by atoms with Gasteiger partial charge in [0.25, 0.3) is 10.0 Å². The van der Waals surface area contributed by atoms with Gasteiger partial charge in [-0.25, -0.2) is 8.42 Å². The van der Waals surface area contributed by atoms with E-state index in [1.165, 1.54) is 29.2 Å². The molecule has 0 aromatic heterocycles. The van der Waals surface area contributed by atoms with Gasteiger partial charge in [0.1, 0.15) is 12.6 Å². The van der Waals surface area contributed by atoms with E-state index in [0.717, 1.165) is 19.9 Å². The van der Waals surface area contributed by atoms with Gasteiger partial charge in [0.15, 0.2) is 0 Å². The number of para-hydroxylation sites is 1. The molecule has 4 aromatic rings. The van der Waals surface area contributed by atoms with E-state index >= 15 is 0 Å². The lowest BCUT2D eigenvalue weighted by Crippen LogP contribution is -2.56. The smallest absolute Gasteiger partial charge is 0.264 e. The van der Waals surface area contributed by atoms with Gasteiger partial charge in [-0.15, -0.1) is 0 Å². The fourth-order valence-corrected chi connectivity index (χ4v) is 6.75. The van der Waals surface area contributed by atoms with E-state index in [9.17, 15) is 18.0 Å². The third kappa shape index (κ3) is 9.19. The molecule has 0 saturated heterocycles. The van der Waals surface area contributed by atoms with Crippen LogP contribution in [0.3, 0.4) is 0 Å². The van der Waals surface area contributed by atoms with E-state index in [1.807, 2.05) is 75.4 Å². The molecule has 1 atom stereocenters. The molecule has 1 unspecified atom stereocenters. The Kier molecular flexibility index (Phi) is 11.1. The molecule has 4 aromatic carbocycles. The zero-order valence-corrected chi connectivity index (χ0v) is 28.9. The van der Waals surface area contributed by atoms with Crippen LogP contribution in [-0.4, -0.2) is 43.3 Å². The first-order chi connectivity index (χ1) is 21.2. The van der Waals surface area contributed by atoms with Crippen LogP contribution in [0, 0.1) is 6.92 Å². The maximum Gasteiger partial charge on any atom is 0.264 e. The molecule has 7 nitrogen and oxygen atoms in total. The van der Waals surface area contributed by atoms with Crippen LogP contribution in [0.15, 0.2) is 112 Å². The van der Waals surface area contributed by atoms with Gasteiger partial charge in [0, 0.05) is 28.0 Å². The van der Waals surface area contributed by atoms with E-state index in [2.05, 4.69) is 21.2 Å². The van der Waals surface area contributed by atoms with Crippen LogP contribution < -0.4 is 9.62 Å². The molecule has 0 fully saturated rings. The Morgan fingerprint density at radius 2 is 1.44 bits per heavy atom. The number of aryl methyl sites for hydroxylation is 1. The molecule has 0 aliphatic carbocycles. The molecule has 45 heavy (non-hydrogen) atoms. The standard InChI is InChI=1S/C35H37BrClN3O4S/c1-25-10-8-9-13-31(25)40(45(43,44)30-20-18-29(37)19-21-30)24-33(41)39(23-27-14-16-28(36)17-15-27)32(34(42)38-35(2,3)4)22-26-11-6-5-7-12-26/h5-21,32H,22-24H2,1-4H3,(H,38,42). The Bertz CT molecular complexity index is 1730. The van der Waals surface area contributed by atoms with Gasteiger partial charge in [-0.2, -0.15) is 0 Å². The molecule has 0 aliphatic rings. The van der Waals surface area contributed by atoms with Crippen molar-refractivity contribution in [2.24, 2.45) is 0 Å². The first kappa shape index (κ1) is 34.2. The predicted molar refractivity (Wildman–Crippen MR) is 184 cm³/mol. The number of anilines is 1. The summed E-state index contributed by atoms with van der Waals surface area (Å²) in [5.74, 6) is -0.858. The number of halogens is 2. The summed E-state index contributed by atoms with van der Waals surface area (Å²) in [6, 6.07) is 28.8. The van der Waals surface area contributed by atoms with Crippen molar-refractivity contribution in [2.75, 3.05) is 10.8 Å². The normalized spacial score (nSPS) is 12.3. The van der Waals surface area contributed by atoms with Crippen molar-refractivity contribution in [2.45, 2.75) is 57.1 Å². The van der Waals surface area contributed by atoms with Crippen molar-refractivity contribution in [3.8, 4) is 0 Å². The Labute approximate surface area is 279 Å². The average molecular weight is 711 g/mol. The van der Waals surface area contributed by atoms with Gasteiger partial charge in [-0.3, -0.25) is 13.9 Å². The number of nitrogens with zero attached hydrogens (tertiary/aromatic N) is 2. The highest BCUT2D eigenvalue weighted by atomic mass is 79.9. The van der Waals surface area contributed by atoms with Crippen LogP contribution in [0.2, 0.25) is 5.02 Å². The lowest BCUT2D eigenvalue weighted by molar-refractivity contribution is -0.140. The number of carbonyl (C=O) groups excluding carboxylic acids is 2. The summed E-state index contributed by atoms with van der Waals surface area (Å²) in [5.41, 5.74) is 2.13. The molecule has 1 N–H and O–H groups in total. The molecular formula is C35H37BrClN3O4S. The monoisotopic (exact) mass is 709 g/mol. The molecule has 0 bridgehead atoms. The van der Waals surface area contributed by atoms with Gasteiger partial charge in [0.2, 0.25) is 11.8 Å². The SMILES string of the molecule is Cc1ccccc1N(CC(=O)N(Cc1ccc(Br)cc1)C(Cc1ccccc1)C(=O)NC(C)(C)C)S(=O)(=O)c1ccc(Cl)cc1. The van der Waals surface area contributed by atoms with Gasteiger partial charge in [0.05, 0.1) is 10.6 Å². The zero-order chi connectivity index (χ0) is 32.8. The van der Waals surface area contributed by atoms with E-state index in [-0.39, 0.29) is 23.8 Å². The van der Waals surface area contributed by atoms with Crippen LogP contribution in [0.4, 0.5) is 5.69 Å². The van der Waals surface area contributed by atoms with Gasteiger partial charge in [-0.1, -0.05) is 88.2 Å². The second kappa shape index (κ2) is 14.6. The van der Waals surface area contributed by atoms with E-state index in [4.69, 9.17) is 11.6 Å². The molecule has 4 rings (SSSR count). The quantitative estimate of drug-likeness (QED) is 0.179. The van der Waals surface area contributed by atoms with E-state index in [1.54, 1.807) is 31.2 Å². The van der Waals surface area contributed by atoms with E-state index in [0.29, 0.717) is 16.3 Å². The van der Waals surface area contributed by atoms with Crippen molar-refractivity contribution >= 4 is 55.1 Å². The average Bonchev–Trinajstić information content (AvgIpc) is 2.99. The topological polar surface area (TPSA) is 86.8 Å². The molecule has 0 radical (unpaired) electrons. The lowest BCUT2D eigenvalue weighted by Gasteiger charge is -2.35. The number of carbonyl (C=O) groups is 2. The largest absolute Gasteiger partial charge is 0.350 e. The summed E-state index contributed by atoms with van der Waals surface area (Å²) in [6.45, 7) is 6.99. The lowest BCUT2D eigenvalue weighted by atomic mass is 10.0. The van der Waals surface area contributed by atoms with Crippen LogP contribution in [0.5, 0.6) is 0 Å². The zero-order valence-electron chi connectivity index (χ0n) is 25.7. The highest BCUT2D eigenvalue weighted by Gasteiger charge is 2.36. The summed E-state index contributed by atoms with van der Waals surface area (Å²) < 4.78 is 30.3.